The van der Waals surface area contributed by atoms with Gasteiger partial charge in [0.05, 0.1) is 14.2 Å². The van der Waals surface area contributed by atoms with E-state index in [0.29, 0.717) is 12.0 Å². The molecule has 0 amide bonds. The van der Waals surface area contributed by atoms with Gasteiger partial charge >= 0.3 is 0 Å². The van der Waals surface area contributed by atoms with E-state index in [9.17, 15) is 4.79 Å². The van der Waals surface area contributed by atoms with E-state index < -0.39 is 0 Å². The predicted octanol–water partition coefficient (Wildman–Crippen LogP) is 3.93. The number of hydrogen-bond acceptors (Lipinski definition) is 3. The van der Waals surface area contributed by atoms with Gasteiger partial charge in [0.1, 0.15) is 0 Å². The van der Waals surface area contributed by atoms with Crippen LogP contribution in [-0.4, -0.2) is 20.5 Å². The lowest BCUT2D eigenvalue weighted by atomic mass is 10.00. The van der Waals surface area contributed by atoms with Crippen LogP contribution < -0.4 is 0 Å². The second kappa shape index (κ2) is 7.84. The van der Waals surface area contributed by atoms with Gasteiger partial charge in [0, 0.05) is 5.57 Å². The molecule has 0 spiro atoms. The maximum Gasteiger partial charge on any atom is 0.201 e. The molecule has 0 aromatic heterocycles. The summed E-state index contributed by atoms with van der Waals surface area (Å²) in [6, 6.07) is 19.6. The van der Waals surface area contributed by atoms with Gasteiger partial charge in [-0.3, -0.25) is 4.79 Å². The third-order valence-corrected chi connectivity index (χ3v) is 3.19. The Balaban J connectivity index is 2.63. The number of carbonyl (C=O) groups is 1. The largest absolute Gasteiger partial charge is 0.492 e. The van der Waals surface area contributed by atoms with E-state index in [2.05, 4.69) is 0 Å². The zero-order valence-corrected chi connectivity index (χ0v) is 12.7. The Kier molecular flexibility index (Phi) is 5.55. The maximum atomic E-state index is 11.2. The second-order valence-corrected chi connectivity index (χ2v) is 4.55. The molecule has 0 aliphatic carbocycles. The number of hydrogen-bond donors (Lipinski definition) is 0. The number of ether oxygens (including phenoxy) is 2. The van der Waals surface area contributed by atoms with E-state index >= 15 is 0 Å². The quantitative estimate of drug-likeness (QED) is 0.266. The van der Waals surface area contributed by atoms with Crippen LogP contribution in [0, 0.1) is 0 Å². The molecule has 2 aromatic carbocycles. The molecule has 0 aliphatic rings. The lowest BCUT2D eigenvalue weighted by Gasteiger charge is -2.14. The highest BCUT2D eigenvalue weighted by Crippen LogP contribution is 2.28. The Morgan fingerprint density at radius 3 is 1.95 bits per heavy atom. The van der Waals surface area contributed by atoms with Crippen LogP contribution in [0.5, 0.6) is 0 Å². The van der Waals surface area contributed by atoms with Crippen molar-refractivity contribution in [2.75, 3.05) is 14.2 Å². The molecule has 0 atom stereocenters. The van der Waals surface area contributed by atoms with Crippen molar-refractivity contribution < 1.29 is 14.3 Å². The summed E-state index contributed by atoms with van der Waals surface area (Å²) in [6.07, 6.45) is 2.62. The minimum atomic E-state index is 0.161. The average molecular weight is 294 g/mol. The van der Waals surface area contributed by atoms with E-state index in [1.54, 1.807) is 0 Å². The molecule has 0 heterocycles. The standard InChI is InChI=1S/C19H18O3/c1-21-18(14-20)19(22-2)17(16-11-7-4-8-12-16)13-15-9-5-3-6-10-15/h3-14H,1-2H3. The fraction of sp³-hybridized carbons (Fsp3) is 0.105. The van der Waals surface area contributed by atoms with Crippen molar-refractivity contribution in [1.82, 2.24) is 0 Å². The number of carbonyl (C=O) groups excluding carboxylic acids is 1. The van der Waals surface area contributed by atoms with Crippen LogP contribution in [0.2, 0.25) is 0 Å². The molecule has 0 fully saturated rings. The molecular weight excluding hydrogens is 276 g/mol. The van der Waals surface area contributed by atoms with Crippen molar-refractivity contribution in [2.24, 2.45) is 0 Å². The average Bonchev–Trinajstić information content (AvgIpc) is 2.59. The van der Waals surface area contributed by atoms with Gasteiger partial charge in [-0.1, -0.05) is 60.7 Å². The van der Waals surface area contributed by atoms with Crippen LogP contribution in [0.3, 0.4) is 0 Å². The van der Waals surface area contributed by atoms with Gasteiger partial charge in [0.25, 0.3) is 0 Å². The summed E-state index contributed by atoms with van der Waals surface area (Å²) < 4.78 is 10.6. The monoisotopic (exact) mass is 294 g/mol. The lowest BCUT2D eigenvalue weighted by Crippen LogP contribution is -2.01. The van der Waals surface area contributed by atoms with Gasteiger partial charge in [0.2, 0.25) is 5.76 Å². The Morgan fingerprint density at radius 1 is 0.864 bits per heavy atom. The Bertz CT molecular complexity index is 670. The van der Waals surface area contributed by atoms with Crippen molar-refractivity contribution in [3.63, 3.8) is 0 Å². The van der Waals surface area contributed by atoms with Gasteiger partial charge in [-0.15, -0.1) is 0 Å². The number of methoxy groups -OCH3 is 2. The first-order valence-corrected chi connectivity index (χ1v) is 6.90. The number of aldehydes is 1. The molecule has 0 unspecified atom stereocenters. The van der Waals surface area contributed by atoms with Crippen LogP contribution in [0.25, 0.3) is 11.6 Å². The first kappa shape index (κ1) is 15.6. The number of benzene rings is 2. The van der Waals surface area contributed by atoms with Crippen molar-refractivity contribution in [3.8, 4) is 0 Å². The number of rotatable bonds is 6. The SMILES string of the molecule is COC(C=O)=C(OC)C(=Cc1ccccc1)c1ccccc1. The third-order valence-electron chi connectivity index (χ3n) is 3.19. The van der Waals surface area contributed by atoms with Crippen LogP contribution in [-0.2, 0) is 14.3 Å². The summed E-state index contributed by atoms with van der Waals surface area (Å²) in [4.78, 5) is 11.2. The van der Waals surface area contributed by atoms with Crippen LogP contribution >= 0.6 is 0 Å². The maximum absolute atomic E-state index is 11.2. The third kappa shape index (κ3) is 3.64. The zero-order valence-electron chi connectivity index (χ0n) is 12.7. The topological polar surface area (TPSA) is 35.5 Å². The molecule has 22 heavy (non-hydrogen) atoms. The highest BCUT2D eigenvalue weighted by Gasteiger charge is 2.15. The van der Waals surface area contributed by atoms with E-state index in [0.717, 1.165) is 16.7 Å². The summed E-state index contributed by atoms with van der Waals surface area (Å²) in [5.41, 5.74) is 2.75. The Morgan fingerprint density at radius 2 is 1.45 bits per heavy atom. The summed E-state index contributed by atoms with van der Waals surface area (Å²) in [7, 11) is 2.98. The molecule has 0 N–H and O–H groups in total. The molecule has 3 nitrogen and oxygen atoms in total. The summed E-state index contributed by atoms with van der Waals surface area (Å²) >= 11 is 0. The van der Waals surface area contributed by atoms with E-state index in [4.69, 9.17) is 9.47 Å². The smallest absolute Gasteiger partial charge is 0.201 e. The fourth-order valence-electron chi connectivity index (χ4n) is 2.15. The number of allylic oxidation sites excluding steroid dienone is 2. The normalized spacial score (nSPS) is 12.4. The van der Waals surface area contributed by atoms with Gasteiger partial charge in [-0.05, 0) is 17.2 Å². The molecule has 2 rings (SSSR count). The van der Waals surface area contributed by atoms with Crippen LogP contribution in [0.1, 0.15) is 11.1 Å². The van der Waals surface area contributed by atoms with Gasteiger partial charge in [-0.25, -0.2) is 0 Å². The second-order valence-electron chi connectivity index (χ2n) is 4.55. The molecule has 2 aromatic rings. The minimum Gasteiger partial charge on any atom is -0.492 e. The van der Waals surface area contributed by atoms with E-state index in [1.165, 1.54) is 14.2 Å². The highest BCUT2D eigenvalue weighted by atomic mass is 16.5. The van der Waals surface area contributed by atoms with E-state index in [1.807, 2.05) is 66.7 Å². The van der Waals surface area contributed by atoms with Gasteiger partial charge in [0.15, 0.2) is 12.0 Å². The predicted molar refractivity (Wildman–Crippen MR) is 87.9 cm³/mol. The van der Waals surface area contributed by atoms with Crippen molar-refractivity contribution in [2.45, 2.75) is 0 Å². The Labute approximate surface area is 130 Å². The molecule has 0 aliphatic heterocycles. The first-order valence-electron chi connectivity index (χ1n) is 6.90. The highest BCUT2D eigenvalue weighted by molar-refractivity contribution is 5.93. The zero-order chi connectivity index (χ0) is 15.8. The first-order chi connectivity index (χ1) is 10.8. The van der Waals surface area contributed by atoms with Crippen molar-refractivity contribution >= 4 is 17.9 Å². The molecule has 3 heteroatoms. The molecule has 0 radical (unpaired) electrons. The summed E-state index contributed by atoms with van der Waals surface area (Å²) in [6.45, 7) is 0. The molecule has 0 bridgehead atoms. The summed E-state index contributed by atoms with van der Waals surface area (Å²) in [5, 5.41) is 0. The van der Waals surface area contributed by atoms with Gasteiger partial charge < -0.3 is 9.47 Å². The Hall–Kier alpha value is -2.81. The minimum absolute atomic E-state index is 0.161. The van der Waals surface area contributed by atoms with Crippen LogP contribution in [0.4, 0.5) is 0 Å². The van der Waals surface area contributed by atoms with Gasteiger partial charge in [-0.2, -0.15) is 0 Å². The molecule has 112 valence electrons. The van der Waals surface area contributed by atoms with Crippen molar-refractivity contribution in [1.29, 1.82) is 0 Å². The molecule has 0 saturated carbocycles. The lowest BCUT2D eigenvalue weighted by molar-refractivity contribution is -0.107. The molecular formula is C19H18O3. The molecule has 0 saturated heterocycles. The van der Waals surface area contributed by atoms with Crippen molar-refractivity contribution in [3.05, 3.63) is 83.3 Å². The van der Waals surface area contributed by atoms with Crippen LogP contribution in [0.15, 0.2) is 72.2 Å². The fourth-order valence-corrected chi connectivity index (χ4v) is 2.15. The van der Waals surface area contributed by atoms with E-state index in [-0.39, 0.29) is 5.76 Å². The summed E-state index contributed by atoms with van der Waals surface area (Å²) in [5.74, 6) is 0.570.